The summed E-state index contributed by atoms with van der Waals surface area (Å²) < 4.78 is 19.0. The number of rotatable bonds is 4. The molecule has 94 valence electrons. The number of oxazole rings is 1. The van der Waals surface area contributed by atoms with Crippen molar-refractivity contribution in [2.75, 3.05) is 0 Å². The van der Waals surface area contributed by atoms with Gasteiger partial charge in [0.25, 0.3) is 0 Å². The van der Waals surface area contributed by atoms with Gasteiger partial charge in [-0.1, -0.05) is 15.9 Å². The lowest BCUT2D eigenvalue weighted by atomic mass is 9.95. The van der Waals surface area contributed by atoms with Crippen LogP contribution in [0.25, 0.3) is 0 Å². The topological polar surface area (TPSA) is 63.3 Å². The van der Waals surface area contributed by atoms with Crippen LogP contribution in [-0.4, -0.2) is 16.1 Å². The molecule has 1 N–H and O–H groups in total. The van der Waals surface area contributed by atoms with Crippen LogP contribution in [0.5, 0.6) is 0 Å². The van der Waals surface area contributed by atoms with Crippen LogP contribution in [0, 0.1) is 5.82 Å². The molecule has 4 nitrogen and oxygen atoms in total. The van der Waals surface area contributed by atoms with Crippen LogP contribution in [0.15, 0.2) is 39.5 Å². The second kappa shape index (κ2) is 5.30. The Morgan fingerprint density at radius 1 is 1.50 bits per heavy atom. The second-order valence-electron chi connectivity index (χ2n) is 3.72. The van der Waals surface area contributed by atoms with Crippen LogP contribution in [0.3, 0.4) is 0 Å². The Kier molecular flexibility index (Phi) is 3.76. The smallest absolute Gasteiger partial charge is 0.304 e. The van der Waals surface area contributed by atoms with Gasteiger partial charge < -0.3 is 9.52 Å². The fourth-order valence-electron chi connectivity index (χ4n) is 1.71. The minimum atomic E-state index is -1.00. The van der Waals surface area contributed by atoms with Crippen molar-refractivity contribution < 1.29 is 18.7 Å². The quantitative estimate of drug-likeness (QED) is 0.941. The summed E-state index contributed by atoms with van der Waals surface area (Å²) in [6.45, 7) is 0. The maximum atomic E-state index is 13.3. The van der Waals surface area contributed by atoms with Gasteiger partial charge in [-0.15, -0.1) is 0 Å². The normalized spacial score (nSPS) is 12.3. The van der Waals surface area contributed by atoms with Gasteiger partial charge in [-0.25, -0.2) is 9.37 Å². The Hall–Kier alpha value is -1.69. The first-order valence-electron chi connectivity index (χ1n) is 5.13. The lowest BCUT2D eigenvalue weighted by Gasteiger charge is -2.12. The predicted molar refractivity (Wildman–Crippen MR) is 64.7 cm³/mol. The molecule has 1 atom stereocenters. The SMILES string of the molecule is O=C(O)CC(c1cc(F)cc(Br)c1)c1ncco1. The largest absolute Gasteiger partial charge is 0.481 e. The number of hydrogen-bond donors (Lipinski definition) is 1. The Bertz CT molecular complexity index is 536. The van der Waals surface area contributed by atoms with Crippen molar-refractivity contribution in [2.45, 2.75) is 12.3 Å². The maximum Gasteiger partial charge on any atom is 0.304 e. The summed E-state index contributed by atoms with van der Waals surface area (Å²) in [6, 6.07) is 4.24. The molecule has 18 heavy (non-hydrogen) atoms. The zero-order valence-electron chi connectivity index (χ0n) is 9.14. The fourth-order valence-corrected chi connectivity index (χ4v) is 2.19. The van der Waals surface area contributed by atoms with Crippen LogP contribution in [0.4, 0.5) is 4.39 Å². The summed E-state index contributed by atoms with van der Waals surface area (Å²) in [6.07, 6.45) is 2.58. The molecule has 1 aromatic carbocycles. The minimum Gasteiger partial charge on any atom is -0.481 e. The molecule has 0 aliphatic rings. The van der Waals surface area contributed by atoms with E-state index in [1.54, 1.807) is 6.07 Å². The van der Waals surface area contributed by atoms with Gasteiger partial charge in [0.05, 0.1) is 18.5 Å². The molecule has 0 fully saturated rings. The van der Waals surface area contributed by atoms with Crippen LogP contribution in [-0.2, 0) is 4.79 Å². The Morgan fingerprint density at radius 2 is 2.28 bits per heavy atom. The number of halogens is 2. The standard InChI is InChI=1S/C12H9BrFNO3/c13-8-3-7(4-9(14)5-8)10(6-11(16)17)12-15-1-2-18-12/h1-5,10H,6H2,(H,16,17). The minimum absolute atomic E-state index is 0.212. The zero-order chi connectivity index (χ0) is 13.1. The first-order chi connectivity index (χ1) is 8.56. The lowest BCUT2D eigenvalue weighted by Crippen LogP contribution is -2.08. The monoisotopic (exact) mass is 313 g/mol. The number of carboxylic acids is 1. The molecule has 1 heterocycles. The third kappa shape index (κ3) is 2.95. The van der Waals surface area contributed by atoms with E-state index in [0.717, 1.165) is 0 Å². The molecule has 0 spiro atoms. The third-order valence-corrected chi connectivity index (χ3v) is 2.87. The second-order valence-corrected chi connectivity index (χ2v) is 4.64. The number of carboxylic acid groups (broad SMARTS) is 1. The molecular weight excluding hydrogens is 305 g/mol. The summed E-state index contributed by atoms with van der Waals surface area (Å²) in [4.78, 5) is 14.8. The summed E-state index contributed by atoms with van der Waals surface area (Å²) in [5.41, 5.74) is 0.506. The average molecular weight is 314 g/mol. The Morgan fingerprint density at radius 3 is 2.83 bits per heavy atom. The highest BCUT2D eigenvalue weighted by Gasteiger charge is 2.22. The van der Waals surface area contributed by atoms with Crippen molar-refractivity contribution in [1.29, 1.82) is 0 Å². The molecule has 0 amide bonds. The molecule has 0 aliphatic carbocycles. The number of benzene rings is 1. The van der Waals surface area contributed by atoms with Crippen LogP contribution < -0.4 is 0 Å². The van der Waals surface area contributed by atoms with Crippen molar-refractivity contribution >= 4 is 21.9 Å². The van der Waals surface area contributed by atoms with Crippen molar-refractivity contribution in [3.8, 4) is 0 Å². The van der Waals surface area contributed by atoms with E-state index >= 15 is 0 Å². The first-order valence-corrected chi connectivity index (χ1v) is 5.92. The molecule has 6 heteroatoms. The molecule has 1 aromatic heterocycles. The van der Waals surface area contributed by atoms with Gasteiger partial charge in [0.1, 0.15) is 12.1 Å². The van der Waals surface area contributed by atoms with E-state index in [2.05, 4.69) is 20.9 Å². The molecule has 1 unspecified atom stereocenters. The number of carbonyl (C=O) groups is 1. The lowest BCUT2D eigenvalue weighted by molar-refractivity contribution is -0.137. The zero-order valence-corrected chi connectivity index (χ0v) is 10.7. The van der Waals surface area contributed by atoms with Gasteiger partial charge in [0, 0.05) is 4.47 Å². The third-order valence-electron chi connectivity index (χ3n) is 2.42. The van der Waals surface area contributed by atoms with E-state index in [-0.39, 0.29) is 12.3 Å². The van der Waals surface area contributed by atoms with Crippen molar-refractivity contribution in [3.63, 3.8) is 0 Å². The Balaban J connectivity index is 2.42. The van der Waals surface area contributed by atoms with Crippen LogP contribution >= 0.6 is 15.9 Å². The highest BCUT2D eigenvalue weighted by atomic mass is 79.9. The fraction of sp³-hybridized carbons (Fsp3) is 0.167. The van der Waals surface area contributed by atoms with Gasteiger partial charge in [-0.05, 0) is 23.8 Å². The highest BCUT2D eigenvalue weighted by molar-refractivity contribution is 9.10. The summed E-state index contributed by atoms with van der Waals surface area (Å²) in [5, 5.41) is 8.91. The number of hydrogen-bond acceptors (Lipinski definition) is 3. The van der Waals surface area contributed by atoms with E-state index in [1.807, 2.05) is 0 Å². The Labute approximate surface area is 111 Å². The number of aromatic nitrogens is 1. The van der Waals surface area contributed by atoms with E-state index in [1.165, 1.54) is 24.6 Å². The molecular formula is C12H9BrFNO3. The molecule has 2 aromatic rings. The molecule has 0 bridgehead atoms. The summed E-state index contributed by atoms with van der Waals surface area (Å²) >= 11 is 3.17. The molecule has 0 saturated heterocycles. The van der Waals surface area contributed by atoms with Gasteiger partial charge in [-0.2, -0.15) is 0 Å². The average Bonchev–Trinajstić information content (AvgIpc) is 2.77. The van der Waals surface area contributed by atoms with Gasteiger partial charge in [0.15, 0.2) is 0 Å². The maximum absolute atomic E-state index is 13.3. The van der Waals surface area contributed by atoms with Crippen molar-refractivity contribution in [3.05, 3.63) is 52.4 Å². The number of nitrogens with zero attached hydrogens (tertiary/aromatic N) is 1. The van der Waals surface area contributed by atoms with Crippen LogP contribution in [0.1, 0.15) is 23.8 Å². The number of aliphatic carboxylic acids is 1. The predicted octanol–water partition coefficient (Wildman–Crippen LogP) is 3.18. The molecule has 0 saturated carbocycles. The van der Waals surface area contributed by atoms with Crippen LogP contribution in [0.2, 0.25) is 0 Å². The highest BCUT2D eigenvalue weighted by Crippen LogP contribution is 2.29. The van der Waals surface area contributed by atoms with Crippen molar-refractivity contribution in [1.82, 2.24) is 4.98 Å². The first kappa shape index (κ1) is 12.8. The van der Waals surface area contributed by atoms with Gasteiger partial charge in [-0.3, -0.25) is 4.79 Å². The van der Waals surface area contributed by atoms with Gasteiger partial charge >= 0.3 is 5.97 Å². The van der Waals surface area contributed by atoms with E-state index in [9.17, 15) is 9.18 Å². The molecule has 0 aliphatic heterocycles. The van der Waals surface area contributed by atoms with E-state index < -0.39 is 17.7 Å². The van der Waals surface area contributed by atoms with E-state index in [4.69, 9.17) is 9.52 Å². The molecule has 0 radical (unpaired) electrons. The van der Waals surface area contributed by atoms with E-state index in [0.29, 0.717) is 10.0 Å². The summed E-state index contributed by atoms with van der Waals surface area (Å²) in [7, 11) is 0. The molecule has 2 rings (SSSR count). The van der Waals surface area contributed by atoms with Gasteiger partial charge in [0.2, 0.25) is 5.89 Å². The van der Waals surface area contributed by atoms with Crippen molar-refractivity contribution in [2.24, 2.45) is 0 Å². The summed E-state index contributed by atoms with van der Waals surface area (Å²) in [5.74, 6) is -1.79.